The fourth-order valence-electron chi connectivity index (χ4n) is 6.36. The predicted octanol–water partition coefficient (Wildman–Crippen LogP) is 3.64. The second-order valence-electron chi connectivity index (χ2n) is 9.88. The number of hydrogen-bond acceptors (Lipinski definition) is 3. The van der Waals surface area contributed by atoms with Crippen LogP contribution in [0.5, 0.6) is 0 Å². The highest BCUT2D eigenvalue weighted by molar-refractivity contribution is 5.93. The molecule has 28 heavy (non-hydrogen) atoms. The molecule has 3 aliphatic heterocycles. The average Bonchev–Trinajstić information content (AvgIpc) is 3.15. The number of fused-ring (bicyclic) bond motifs is 6. The molecule has 0 aromatic carbocycles. The van der Waals surface area contributed by atoms with Gasteiger partial charge in [0.25, 0.3) is 5.91 Å². The number of piperidine rings is 3. The molecular formula is C23H34N4O. The maximum Gasteiger partial charge on any atom is 0.274 e. The Labute approximate surface area is 168 Å². The number of amides is 1. The van der Waals surface area contributed by atoms with Crippen LogP contribution < -0.4 is 0 Å². The van der Waals surface area contributed by atoms with Gasteiger partial charge in [0.2, 0.25) is 0 Å². The Hall–Kier alpha value is -1.62. The molecule has 5 rings (SSSR count). The van der Waals surface area contributed by atoms with E-state index in [0.29, 0.717) is 29.5 Å². The molecule has 3 saturated heterocycles. The van der Waals surface area contributed by atoms with E-state index >= 15 is 0 Å². The van der Waals surface area contributed by atoms with Gasteiger partial charge in [-0.05, 0) is 68.9 Å². The Kier molecular flexibility index (Phi) is 4.82. The molecule has 1 aromatic heterocycles. The number of likely N-dealkylation sites (tertiary alicyclic amines) is 1. The fraction of sp³-hybridized carbons (Fsp3) is 0.739. The molecule has 1 amide bonds. The normalized spacial score (nSPS) is 32.7. The monoisotopic (exact) mass is 382 g/mol. The summed E-state index contributed by atoms with van der Waals surface area (Å²) in [6.45, 7) is 7.68. The lowest BCUT2D eigenvalue weighted by atomic mass is 9.68. The van der Waals surface area contributed by atoms with Gasteiger partial charge in [-0.1, -0.05) is 31.9 Å². The largest absolute Gasteiger partial charge is 0.330 e. The molecule has 0 saturated carbocycles. The standard InChI is InChI=1S/C23H34N4O/c1-15(2)10-19-13-20(25-24-19)23(28)27-9-5-6-16-11-17-12-18(22(16)27)14-26-8-4-3-7-21(17)26/h11,13,15,17-18,21-22H,3-10,12,14H2,1-2H3,(H,24,25)/t17-,18?,21?,22?/m0/s1. The van der Waals surface area contributed by atoms with E-state index in [1.54, 1.807) is 5.57 Å². The van der Waals surface area contributed by atoms with Crippen LogP contribution in [0.1, 0.15) is 68.6 Å². The Bertz CT molecular complexity index is 766. The van der Waals surface area contributed by atoms with E-state index in [9.17, 15) is 4.79 Å². The second kappa shape index (κ2) is 7.33. The molecule has 4 heterocycles. The summed E-state index contributed by atoms with van der Waals surface area (Å²) in [5.74, 6) is 1.99. The Morgan fingerprint density at radius 3 is 3.04 bits per heavy atom. The molecule has 1 aromatic rings. The van der Waals surface area contributed by atoms with Crippen molar-refractivity contribution in [3.8, 4) is 0 Å². The first kappa shape index (κ1) is 18.4. The predicted molar refractivity (Wildman–Crippen MR) is 110 cm³/mol. The summed E-state index contributed by atoms with van der Waals surface area (Å²) >= 11 is 0. The fourth-order valence-corrected chi connectivity index (χ4v) is 6.36. The van der Waals surface area contributed by atoms with Crippen LogP contribution in [0.25, 0.3) is 0 Å². The van der Waals surface area contributed by atoms with Gasteiger partial charge >= 0.3 is 0 Å². The summed E-state index contributed by atoms with van der Waals surface area (Å²) in [7, 11) is 0. The molecular weight excluding hydrogens is 348 g/mol. The number of rotatable bonds is 3. The van der Waals surface area contributed by atoms with Crippen LogP contribution in [-0.4, -0.2) is 57.6 Å². The SMILES string of the molecule is CC(C)Cc1cc(C(=O)N2CCCC3=C[C@H]4CC(CN5CCCCC45)C32)n[nH]1. The first-order chi connectivity index (χ1) is 13.6. The van der Waals surface area contributed by atoms with Gasteiger partial charge in [0.05, 0.1) is 6.04 Å². The maximum absolute atomic E-state index is 13.4. The number of nitrogens with one attached hydrogen (secondary N) is 1. The van der Waals surface area contributed by atoms with Gasteiger partial charge in [0.15, 0.2) is 0 Å². The van der Waals surface area contributed by atoms with Gasteiger partial charge < -0.3 is 4.90 Å². The molecule has 0 spiro atoms. The third-order valence-electron chi connectivity index (χ3n) is 7.40. The Balaban J connectivity index is 1.40. The molecule has 2 bridgehead atoms. The Morgan fingerprint density at radius 2 is 2.18 bits per heavy atom. The van der Waals surface area contributed by atoms with E-state index in [1.807, 2.05) is 6.07 Å². The van der Waals surface area contributed by atoms with Crippen molar-refractivity contribution in [3.05, 3.63) is 29.1 Å². The van der Waals surface area contributed by atoms with Crippen LogP contribution in [0.15, 0.2) is 17.7 Å². The van der Waals surface area contributed by atoms with E-state index in [1.165, 1.54) is 45.2 Å². The van der Waals surface area contributed by atoms with Crippen molar-refractivity contribution < 1.29 is 4.79 Å². The molecule has 4 atom stereocenters. The van der Waals surface area contributed by atoms with Crippen molar-refractivity contribution in [2.24, 2.45) is 17.8 Å². The van der Waals surface area contributed by atoms with Crippen LogP contribution in [0.2, 0.25) is 0 Å². The van der Waals surface area contributed by atoms with Crippen LogP contribution in [0, 0.1) is 17.8 Å². The van der Waals surface area contributed by atoms with Crippen molar-refractivity contribution in [1.29, 1.82) is 0 Å². The summed E-state index contributed by atoms with van der Waals surface area (Å²) < 4.78 is 0. The van der Waals surface area contributed by atoms with E-state index in [-0.39, 0.29) is 5.91 Å². The van der Waals surface area contributed by atoms with Gasteiger partial charge in [-0.2, -0.15) is 5.10 Å². The maximum atomic E-state index is 13.4. The van der Waals surface area contributed by atoms with Gasteiger partial charge in [0, 0.05) is 24.8 Å². The smallest absolute Gasteiger partial charge is 0.274 e. The number of carbonyl (C=O) groups excluding carboxylic acids is 1. The van der Waals surface area contributed by atoms with Crippen LogP contribution >= 0.6 is 0 Å². The highest BCUT2D eigenvalue weighted by atomic mass is 16.2. The molecule has 152 valence electrons. The minimum Gasteiger partial charge on any atom is -0.330 e. The van der Waals surface area contributed by atoms with E-state index in [0.717, 1.165) is 31.1 Å². The van der Waals surface area contributed by atoms with E-state index in [2.05, 4.69) is 39.9 Å². The second-order valence-corrected chi connectivity index (χ2v) is 9.88. The van der Waals surface area contributed by atoms with Crippen LogP contribution in [-0.2, 0) is 6.42 Å². The zero-order valence-corrected chi connectivity index (χ0v) is 17.4. The van der Waals surface area contributed by atoms with Crippen molar-refractivity contribution in [1.82, 2.24) is 20.0 Å². The molecule has 5 nitrogen and oxygen atoms in total. The number of hydrogen-bond donors (Lipinski definition) is 1. The first-order valence-electron chi connectivity index (χ1n) is 11.4. The third-order valence-corrected chi connectivity index (χ3v) is 7.40. The van der Waals surface area contributed by atoms with E-state index < -0.39 is 0 Å². The number of carbonyl (C=O) groups is 1. The lowest BCUT2D eigenvalue weighted by Crippen LogP contribution is -2.60. The zero-order valence-electron chi connectivity index (χ0n) is 17.4. The van der Waals surface area contributed by atoms with Gasteiger partial charge in [0.1, 0.15) is 5.69 Å². The summed E-state index contributed by atoms with van der Waals surface area (Å²) in [5.41, 5.74) is 3.22. The first-order valence-corrected chi connectivity index (χ1v) is 11.4. The minimum atomic E-state index is 0.126. The van der Waals surface area contributed by atoms with Crippen molar-refractivity contribution in [3.63, 3.8) is 0 Å². The summed E-state index contributed by atoms with van der Waals surface area (Å²) in [4.78, 5) is 18.3. The number of H-pyrrole nitrogens is 1. The highest BCUT2D eigenvalue weighted by Gasteiger charge is 2.47. The molecule has 1 aliphatic carbocycles. The minimum absolute atomic E-state index is 0.126. The van der Waals surface area contributed by atoms with Crippen molar-refractivity contribution >= 4 is 5.91 Å². The summed E-state index contributed by atoms with van der Waals surface area (Å²) in [5, 5.41) is 7.47. The summed E-state index contributed by atoms with van der Waals surface area (Å²) in [6, 6.07) is 3.04. The molecule has 1 N–H and O–H groups in total. The molecule has 0 radical (unpaired) electrons. The molecule has 3 fully saturated rings. The quantitative estimate of drug-likeness (QED) is 0.812. The lowest BCUT2D eigenvalue weighted by Gasteiger charge is -2.54. The number of aromatic nitrogens is 2. The van der Waals surface area contributed by atoms with Crippen molar-refractivity contribution in [2.75, 3.05) is 19.6 Å². The van der Waals surface area contributed by atoms with Gasteiger partial charge in [-0.3, -0.25) is 14.8 Å². The van der Waals surface area contributed by atoms with E-state index in [4.69, 9.17) is 0 Å². The molecule has 4 aliphatic rings. The zero-order chi connectivity index (χ0) is 19.3. The topological polar surface area (TPSA) is 52.2 Å². The third kappa shape index (κ3) is 3.22. The molecule has 3 unspecified atom stereocenters. The highest BCUT2D eigenvalue weighted by Crippen LogP contribution is 2.45. The van der Waals surface area contributed by atoms with Gasteiger partial charge in [-0.25, -0.2) is 0 Å². The van der Waals surface area contributed by atoms with Crippen LogP contribution in [0.4, 0.5) is 0 Å². The van der Waals surface area contributed by atoms with Crippen molar-refractivity contribution in [2.45, 2.75) is 70.9 Å². The Morgan fingerprint density at radius 1 is 1.29 bits per heavy atom. The van der Waals surface area contributed by atoms with Crippen LogP contribution in [0.3, 0.4) is 0 Å². The number of nitrogens with zero attached hydrogens (tertiary/aromatic N) is 3. The lowest BCUT2D eigenvalue weighted by molar-refractivity contribution is 0.00131. The number of aromatic amines is 1. The van der Waals surface area contributed by atoms with Gasteiger partial charge in [-0.15, -0.1) is 0 Å². The summed E-state index contributed by atoms with van der Waals surface area (Å²) in [6.07, 6.45) is 11.1. The average molecular weight is 383 g/mol. The molecule has 5 heteroatoms.